The van der Waals surface area contributed by atoms with Gasteiger partial charge in [-0.3, -0.25) is 9.59 Å². The Kier molecular flexibility index (Phi) is 5.95. The molecule has 0 radical (unpaired) electrons. The van der Waals surface area contributed by atoms with Crippen LogP contribution < -0.4 is 5.73 Å². The van der Waals surface area contributed by atoms with E-state index in [0.717, 1.165) is 24.0 Å². The molecule has 13 heteroatoms. The van der Waals surface area contributed by atoms with Crippen LogP contribution in [0.4, 0.5) is 19.0 Å². The zero-order valence-electron chi connectivity index (χ0n) is 18.7. The Morgan fingerprint density at radius 3 is 2.46 bits per heavy atom. The number of ketones is 1. The third-order valence-corrected chi connectivity index (χ3v) is 6.08. The first kappa shape index (κ1) is 24.1. The third-order valence-electron chi connectivity index (χ3n) is 6.08. The molecule has 0 saturated heterocycles. The number of imidazole rings is 1. The van der Waals surface area contributed by atoms with Crippen molar-refractivity contribution in [2.45, 2.75) is 45.5 Å². The molecule has 3 N–H and O–H groups in total. The number of fused-ring (bicyclic) bond motifs is 2. The summed E-state index contributed by atoms with van der Waals surface area (Å²) in [5.41, 5.74) is 9.68. The van der Waals surface area contributed by atoms with Crippen LogP contribution in [0.3, 0.4) is 0 Å². The lowest BCUT2D eigenvalue weighted by molar-refractivity contribution is -0.192. The summed E-state index contributed by atoms with van der Waals surface area (Å²) >= 11 is 0. The number of alkyl halides is 3. The van der Waals surface area contributed by atoms with E-state index in [4.69, 9.17) is 15.6 Å². The number of benzene rings is 1. The summed E-state index contributed by atoms with van der Waals surface area (Å²) < 4.78 is 33.3. The van der Waals surface area contributed by atoms with Crippen molar-refractivity contribution in [1.82, 2.24) is 24.5 Å². The maximum Gasteiger partial charge on any atom is 0.490 e. The largest absolute Gasteiger partial charge is 0.490 e. The van der Waals surface area contributed by atoms with Crippen molar-refractivity contribution in [3.8, 4) is 11.3 Å². The van der Waals surface area contributed by atoms with Gasteiger partial charge in [0.15, 0.2) is 17.2 Å². The number of nitrogen functional groups attached to an aromatic ring is 1. The van der Waals surface area contributed by atoms with Crippen molar-refractivity contribution in [3.63, 3.8) is 0 Å². The van der Waals surface area contributed by atoms with Crippen LogP contribution in [0.25, 0.3) is 16.9 Å². The maximum atomic E-state index is 13.1. The number of aliphatic carboxylic acids is 1. The number of aromatic nitrogens is 4. The zero-order valence-corrected chi connectivity index (χ0v) is 18.7. The second-order valence-corrected chi connectivity index (χ2v) is 8.45. The molecule has 1 unspecified atom stereocenters. The standard InChI is InChI=1S/C20H20N6O2.C2HF3O2/c1-10(12-3-4-12)25-8-14-5-13(6-15(11(2)27)17(14)20(25)28)16-7-22-19-18(21)23-9-24-26(16)19;3-2(4,5)1(6)7/h5-7,9-10,12H,3-4,8H2,1-2H3,(H2,21,23,24);(H,6,7). The fourth-order valence-corrected chi connectivity index (χ4v) is 4.10. The Bertz CT molecular complexity index is 1350. The lowest BCUT2D eigenvalue weighted by Gasteiger charge is -2.24. The SMILES string of the molecule is CC(=O)c1cc(-c2cnc3c(N)ncnn23)cc2c1C(=O)N(C(C)C1CC1)C2.O=C(O)C(F)(F)F. The van der Waals surface area contributed by atoms with Gasteiger partial charge < -0.3 is 15.7 Å². The van der Waals surface area contributed by atoms with Crippen LogP contribution in [-0.4, -0.2) is 59.5 Å². The van der Waals surface area contributed by atoms with E-state index in [1.807, 2.05) is 11.0 Å². The van der Waals surface area contributed by atoms with Crippen molar-refractivity contribution >= 4 is 29.1 Å². The first-order valence-electron chi connectivity index (χ1n) is 10.6. The van der Waals surface area contributed by atoms with Gasteiger partial charge >= 0.3 is 12.1 Å². The van der Waals surface area contributed by atoms with E-state index in [1.165, 1.54) is 13.3 Å². The summed E-state index contributed by atoms with van der Waals surface area (Å²) in [6.45, 7) is 4.11. The number of carbonyl (C=O) groups excluding carboxylic acids is 2. The number of hydrogen-bond acceptors (Lipinski definition) is 7. The minimum atomic E-state index is -5.08. The van der Waals surface area contributed by atoms with Crippen LogP contribution in [0.2, 0.25) is 0 Å². The van der Waals surface area contributed by atoms with Crippen molar-refractivity contribution in [2.24, 2.45) is 5.92 Å². The molecule has 1 saturated carbocycles. The van der Waals surface area contributed by atoms with Gasteiger partial charge in [0, 0.05) is 23.7 Å². The minimum Gasteiger partial charge on any atom is -0.475 e. The van der Waals surface area contributed by atoms with Crippen molar-refractivity contribution in [3.05, 3.63) is 41.3 Å². The quantitative estimate of drug-likeness (QED) is 0.531. The number of carboxylic acids is 1. The highest BCUT2D eigenvalue weighted by atomic mass is 19.4. The number of amides is 1. The molecule has 1 aliphatic heterocycles. The van der Waals surface area contributed by atoms with Gasteiger partial charge in [0.1, 0.15) is 6.33 Å². The molecule has 0 spiro atoms. The van der Waals surface area contributed by atoms with Crippen LogP contribution in [0.1, 0.15) is 53.0 Å². The molecule has 1 aromatic carbocycles. The second kappa shape index (κ2) is 8.64. The van der Waals surface area contributed by atoms with Gasteiger partial charge in [-0.1, -0.05) is 0 Å². The molecule has 3 heterocycles. The van der Waals surface area contributed by atoms with E-state index in [9.17, 15) is 22.8 Å². The van der Waals surface area contributed by atoms with Crippen molar-refractivity contribution in [1.29, 1.82) is 0 Å². The Morgan fingerprint density at radius 1 is 1.23 bits per heavy atom. The molecule has 10 nitrogen and oxygen atoms in total. The van der Waals surface area contributed by atoms with Gasteiger partial charge in [-0.05, 0) is 50.3 Å². The van der Waals surface area contributed by atoms with Crippen LogP contribution in [0, 0.1) is 5.92 Å². The number of carbonyl (C=O) groups is 3. The molecule has 2 aromatic heterocycles. The van der Waals surface area contributed by atoms with Crippen LogP contribution in [-0.2, 0) is 11.3 Å². The first-order chi connectivity index (χ1) is 16.4. The first-order valence-corrected chi connectivity index (χ1v) is 10.6. The van der Waals surface area contributed by atoms with E-state index in [0.29, 0.717) is 34.9 Å². The van der Waals surface area contributed by atoms with E-state index < -0.39 is 12.1 Å². The number of nitrogens with two attached hydrogens (primary N) is 1. The number of nitrogens with zero attached hydrogens (tertiary/aromatic N) is 5. The van der Waals surface area contributed by atoms with Gasteiger partial charge in [0.25, 0.3) is 5.91 Å². The average molecular weight is 490 g/mol. The Balaban J connectivity index is 0.000000364. The molecule has 1 fully saturated rings. The van der Waals surface area contributed by atoms with Gasteiger partial charge in [-0.2, -0.15) is 18.3 Å². The summed E-state index contributed by atoms with van der Waals surface area (Å²) in [5, 5.41) is 11.4. The Hall–Kier alpha value is -4.03. The van der Waals surface area contributed by atoms with E-state index in [-0.39, 0.29) is 23.6 Å². The summed E-state index contributed by atoms with van der Waals surface area (Å²) in [6.07, 6.45) is 0.271. The van der Waals surface area contributed by atoms with Crippen LogP contribution in [0.15, 0.2) is 24.7 Å². The van der Waals surface area contributed by atoms with E-state index in [2.05, 4.69) is 22.0 Å². The molecule has 35 heavy (non-hydrogen) atoms. The molecular weight excluding hydrogens is 469 g/mol. The number of Topliss-reactive ketones (excluding diaryl/α,β-unsaturated/α-hetero) is 1. The smallest absolute Gasteiger partial charge is 0.475 e. The number of halogens is 3. The summed E-state index contributed by atoms with van der Waals surface area (Å²) in [7, 11) is 0. The predicted molar refractivity (Wildman–Crippen MR) is 116 cm³/mol. The molecule has 3 aromatic rings. The summed E-state index contributed by atoms with van der Waals surface area (Å²) in [4.78, 5) is 44.5. The monoisotopic (exact) mass is 490 g/mol. The lowest BCUT2D eigenvalue weighted by atomic mass is 9.96. The number of carboxylic acid groups (broad SMARTS) is 1. The molecule has 5 rings (SSSR count). The van der Waals surface area contributed by atoms with E-state index in [1.54, 1.807) is 16.8 Å². The average Bonchev–Trinajstić information content (AvgIpc) is 3.46. The summed E-state index contributed by atoms with van der Waals surface area (Å²) in [6, 6.07) is 3.90. The van der Waals surface area contributed by atoms with Crippen molar-refractivity contribution < 1.29 is 32.7 Å². The second-order valence-electron chi connectivity index (χ2n) is 8.45. The highest BCUT2D eigenvalue weighted by Gasteiger charge is 2.40. The fraction of sp³-hybridized carbons (Fsp3) is 0.364. The van der Waals surface area contributed by atoms with E-state index >= 15 is 0 Å². The van der Waals surface area contributed by atoms with Gasteiger partial charge in [0.2, 0.25) is 0 Å². The third kappa shape index (κ3) is 4.53. The molecular formula is C22H21F3N6O4. The molecule has 184 valence electrons. The Labute approximate surface area is 196 Å². The number of hydrogen-bond donors (Lipinski definition) is 2. The van der Waals surface area contributed by atoms with Crippen LogP contribution >= 0.6 is 0 Å². The zero-order chi connectivity index (χ0) is 25.7. The van der Waals surface area contributed by atoms with Gasteiger partial charge in [-0.25, -0.2) is 19.3 Å². The maximum absolute atomic E-state index is 13.1. The predicted octanol–water partition coefficient (Wildman–Crippen LogP) is 2.96. The van der Waals surface area contributed by atoms with Crippen molar-refractivity contribution in [2.75, 3.05) is 5.73 Å². The lowest BCUT2D eigenvalue weighted by Crippen LogP contribution is -2.35. The number of anilines is 1. The Morgan fingerprint density at radius 2 is 1.89 bits per heavy atom. The number of rotatable bonds is 4. The minimum absolute atomic E-state index is 0.0455. The highest BCUT2D eigenvalue weighted by molar-refractivity contribution is 6.10. The molecule has 1 atom stereocenters. The molecule has 1 amide bonds. The highest BCUT2D eigenvalue weighted by Crippen LogP contribution is 2.40. The van der Waals surface area contributed by atoms with Gasteiger partial charge in [0.05, 0.1) is 17.5 Å². The molecule has 0 bridgehead atoms. The fourth-order valence-electron chi connectivity index (χ4n) is 4.10. The molecule has 2 aliphatic rings. The molecule has 1 aliphatic carbocycles. The summed E-state index contributed by atoms with van der Waals surface area (Å²) in [5.74, 6) is -2.08. The topological polar surface area (TPSA) is 144 Å². The van der Waals surface area contributed by atoms with Crippen LogP contribution in [0.5, 0.6) is 0 Å². The van der Waals surface area contributed by atoms with Gasteiger partial charge in [-0.15, -0.1) is 0 Å². The normalized spacial score (nSPS) is 16.0.